The van der Waals surface area contributed by atoms with E-state index in [0.717, 1.165) is 19.4 Å². The summed E-state index contributed by atoms with van der Waals surface area (Å²) in [6.45, 7) is 1.08. The van der Waals surface area contributed by atoms with Crippen LogP contribution in [0.4, 0.5) is 0 Å². The van der Waals surface area contributed by atoms with Crippen molar-refractivity contribution in [3.8, 4) is 0 Å². The second kappa shape index (κ2) is 1.95. The van der Waals surface area contributed by atoms with Gasteiger partial charge >= 0.3 is 0 Å². The van der Waals surface area contributed by atoms with Crippen LogP contribution in [0.3, 0.4) is 0 Å². The van der Waals surface area contributed by atoms with Crippen molar-refractivity contribution >= 4 is 0 Å². The quantitative estimate of drug-likeness (QED) is 0.534. The van der Waals surface area contributed by atoms with E-state index in [1.165, 1.54) is 12.8 Å². The number of nitrogens with zero attached hydrogens (tertiary/aromatic N) is 1. The van der Waals surface area contributed by atoms with Crippen LogP contribution in [0.15, 0.2) is 0 Å². The van der Waals surface area contributed by atoms with Crippen molar-refractivity contribution in [1.82, 2.24) is 4.90 Å². The van der Waals surface area contributed by atoms with E-state index in [-0.39, 0.29) is 6.10 Å². The predicted molar refractivity (Wildman–Crippen MR) is 39.8 cm³/mol. The minimum Gasteiger partial charge on any atom is -0.393 e. The molecule has 10 heavy (non-hydrogen) atoms. The summed E-state index contributed by atoms with van der Waals surface area (Å²) >= 11 is 0. The van der Waals surface area contributed by atoms with Gasteiger partial charge in [0.05, 0.1) is 6.10 Å². The molecule has 2 aliphatic rings. The molecule has 1 aliphatic carbocycles. The van der Waals surface area contributed by atoms with Crippen LogP contribution < -0.4 is 0 Å². The van der Waals surface area contributed by atoms with E-state index in [1.54, 1.807) is 0 Å². The molecule has 1 unspecified atom stereocenters. The maximum absolute atomic E-state index is 9.38. The van der Waals surface area contributed by atoms with Crippen LogP contribution >= 0.6 is 0 Å². The van der Waals surface area contributed by atoms with Gasteiger partial charge in [0, 0.05) is 12.1 Å². The minimum atomic E-state index is -0.0151. The molecule has 2 heteroatoms. The zero-order valence-corrected chi connectivity index (χ0v) is 6.51. The molecular weight excluding hydrogens is 126 g/mol. The maximum Gasteiger partial charge on any atom is 0.0570 e. The molecule has 0 aromatic heterocycles. The van der Waals surface area contributed by atoms with Crippen molar-refractivity contribution in [2.75, 3.05) is 13.6 Å². The van der Waals surface area contributed by atoms with Crippen molar-refractivity contribution in [2.24, 2.45) is 0 Å². The summed E-state index contributed by atoms with van der Waals surface area (Å²) in [5.41, 5.74) is 0.442. The van der Waals surface area contributed by atoms with Crippen LogP contribution in [0.2, 0.25) is 0 Å². The zero-order chi connectivity index (χ0) is 7.19. The van der Waals surface area contributed by atoms with E-state index in [9.17, 15) is 5.11 Å². The molecule has 58 valence electrons. The number of rotatable bonds is 0. The molecule has 0 aromatic carbocycles. The van der Waals surface area contributed by atoms with Crippen molar-refractivity contribution in [1.29, 1.82) is 0 Å². The lowest BCUT2D eigenvalue weighted by Gasteiger charge is -2.35. The molecule has 1 atom stereocenters. The second-order valence-electron chi connectivity index (χ2n) is 3.79. The van der Waals surface area contributed by atoms with Gasteiger partial charge in [-0.25, -0.2) is 0 Å². The van der Waals surface area contributed by atoms with Gasteiger partial charge in [0.15, 0.2) is 0 Å². The first-order chi connectivity index (χ1) is 4.73. The number of hydrogen-bond acceptors (Lipinski definition) is 2. The standard InChI is InChI=1S/C8H15NO/c1-9-5-2-7(10)6-8(9)3-4-8/h7,10H,2-6H2,1H3. The molecule has 2 rings (SSSR count). The first kappa shape index (κ1) is 6.62. The number of piperidine rings is 1. The number of aliphatic hydroxyl groups excluding tert-OH is 1. The lowest BCUT2D eigenvalue weighted by Crippen LogP contribution is -2.43. The monoisotopic (exact) mass is 141 g/mol. The Morgan fingerprint density at radius 3 is 2.70 bits per heavy atom. The van der Waals surface area contributed by atoms with Gasteiger partial charge < -0.3 is 10.0 Å². The highest BCUT2D eigenvalue weighted by atomic mass is 16.3. The molecule has 2 fully saturated rings. The van der Waals surface area contributed by atoms with Gasteiger partial charge in [0.25, 0.3) is 0 Å². The van der Waals surface area contributed by atoms with E-state index < -0.39 is 0 Å². The summed E-state index contributed by atoms with van der Waals surface area (Å²) in [6, 6.07) is 0. The van der Waals surface area contributed by atoms with Crippen molar-refractivity contribution < 1.29 is 5.11 Å². The minimum absolute atomic E-state index is 0.0151. The molecule has 1 saturated carbocycles. The number of hydrogen-bond donors (Lipinski definition) is 1. The molecule has 0 aromatic rings. The van der Waals surface area contributed by atoms with Crippen LogP contribution in [0.25, 0.3) is 0 Å². The van der Waals surface area contributed by atoms with Crippen molar-refractivity contribution in [3.63, 3.8) is 0 Å². The fourth-order valence-electron chi connectivity index (χ4n) is 2.01. The smallest absolute Gasteiger partial charge is 0.0570 e. The lowest BCUT2D eigenvalue weighted by atomic mass is 9.98. The summed E-state index contributed by atoms with van der Waals surface area (Å²) in [5.74, 6) is 0. The van der Waals surface area contributed by atoms with E-state index in [0.29, 0.717) is 5.54 Å². The van der Waals surface area contributed by atoms with E-state index in [4.69, 9.17) is 0 Å². The summed E-state index contributed by atoms with van der Waals surface area (Å²) in [5, 5.41) is 9.38. The topological polar surface area (TPSA) is 23.5 Å². The third-order valence-electron chi connectivity index (χ3n) is 3.05. The average Bonchev–Trinajstić information content (AvgIpc) is 2.62. The van der Waals surface area contributed by atoms with E-state index >= 15 is 0 Å². The van der Waals surface area contributed by atoms with Gasteiger partial charge in [0.2, 0.25) is 0 Å². The van der Waals surface area contributed by atoms with Gasteiger partial charge in [-0.15, -0.1) is 0 Å². The molecule has 0 bridgehead atoms. The van der Waals surface area contributed by atoms with Gasteiger partial charge in [-0.2, -0.15) is 0 Å². The second-order valence-corrected chi connectivity index (χ2v) is 3.79. The molecule has 1 saturated heterocycles. The van der Waals surface area contributed by atoms with E-state index in [2.05, 4.69) is 11.9 Å². The molecule has 1 spiro atoms. The zero-order valence-electron chi connectivity index (χ0n) is 6.51. The molecule has 1 N–H and O–H groups in total. The molecule has 0 radical (unpaired) electrons. The van der Waals surface area contributed by atoms with Gasteiger partial charge in [-0.3, -0.25) is 0 Å². The van der Waals surface area contributed by atoms with Crippen LogP contribution in [-0.4, -0.2) is 35.2 Å². The third kappa shape index (κ3) is 0.867. The largest absolute Gasteiger partial charge is 0.393 e. The van der Waals surface area contributed by atoms with Crippen molar-refractivity contribution in [3.05, 3.63) is 0 Å². The number of likely N-dealkylation sites (tertiary alicyclic amines) is 1. The highest BCUT2D eigenvalue weighted by Crippen LogP contribution is 2.47. The Morgan fingerprint density at radius 1 is 1.50 bits per heavy atom. The van der Waals surface area contributed by atoms with E-state index in [1.807, 2.05) is 0 Å². The Morgan fingerprint density at radius 2 is 2.20 bits per heavy atom. The van der Waals surface area contributed by atoms with Gasteiger partial charge in [-0.05, 0) is 32.7 Å². The summed E-state index contributed by atoms with van der Waals surface area (Å²) in [4.78, 5) is 2.42. The highest BCUT2D eigenvalue weighted by Gasteiger charge is 2.49. The third-order valence-corrected chi connectivity index (χ3v) is 3.05. The normalized spacial score (nSPS) is 38.4. The summed E-state index contributed by atoms with van der Waals surface area (Å²) in [6.07, 6.45) is 4.58. The van der Waals surface area contributed by atoms with Gasteiger partial charge in [0.1, 0.15) is 0 Å². The molecule has 1 heterocycles. The Bertz CT molecular complexity index is 142. The molecule has 0 amide bonds. The SMILES string of the molecule is CN1CCC(O)CC12CC2. The Labute approximate surface area is 61.8 Å². The number of aliphatic hydroxyl groups is 1. The van der Waals surface area contributed by atoms with Crippen LogP contribution in [0.1, 0.15) is 25.7 Å². The first-order valence-corrected chi connectivity index (χ1v) is 4.12. The Hall–Kier alpha value is -0.0800. The molecule has 1 aliphatic heterocycles. The average molecular weight is 141 g/mol. The summed E-state index contributed by atoms with van der Waals surface area (Å²) in [7, 11) is 2.18. The van der Waals surface area contributed by atoms with Crippen molar-refractivity contribution in [2.45, 2.75) is 37.3 Å². The fraction of sp³-hybridized carbons (Fsp3) is 1.00. The predicted octanol–water partition coefficient (Wildman–Crippen LogP) is 0.605. The van der Waals surface area contributed by atoms with Crippen LogP contribution in [0, 0.1) is 0 Å². The molecular formula is C8H15NO. The van der Waals surface area contributed by atoms with Crippen LogP contribution in [-0.2, 0) is 0 Å². The first-order valence-electron chi connectivity index (χ1n) is 4.12. The fourth-order valence-corrected chi connectivity index (χ4v) is 2.01. The summed E-state index contributed by atoms with van der Waals surface area (Å²) < 4.78 is 0. The Balaban J connectivity index is 2.03. The van der Waals surface area contributed by atoms with Gasteiger partial charge in [-0.1, -0.05) is 0 Å². The lowest BCUT2D eigenvalue weighted by molar-refractivity contribution is 0.0444. The maximum atomic E-state index is 9.38. The molecule has 2 nitrogen and oxygen atoms in total. The highest BCUT2D eigenvalue weighted by molar-refractivity contribution is 5.06. The van der Waals surface area contributed by atoms with Crippen LogP contribution in [0.5, 0.6) is 0 Å². The Kier molecular flexibility index (Phi) is 1.29.